The maximum atomic E-state index is 12.5. The summed E-state index contributed by atoms with van der Waals surface area (Å²) >= 11 is 6.09. The topological polar surface area (TPSA) is 99.2 Å². The molecule has 2 N–H and O–H groups in total. The molecular formula is C38H52ClN3O5. The number of rotatable bonds is 8. The number of halogens is 1. The second kappa shape index (κ2) is 18.5. The Morgan fingerprint density at radius 1 is 0.957 bits per heavy atom. The molecule has 0 bridgehead atoms. The molecule has 0 spiro atoms. The molecule has 8 nitrogen and oxygen atoms in total. The summed E-state index contributed by atoms with van der Waals surface area (Å²) in [4.78, 5) is 35.9. The number of ether oxygens (including phenoxy) is 1. The van der Waals surface area contributed by atoms with Gasteiger partial charge in [0.15, 0.2) is 0 Å². The van der Waals surface area contributed by atoms with Crippen molar-refractivity contribution < 1.29 is 24.2 Å². The molecule has 47 heavy (non-hydrogen) atoms. The third kappa shape index (κ3) is 13.8. The number of aldehydes is 1. The van der Waals surface area contributed by atoms with Gasteiger partial charge in [0, 0.05) is 50.7 Å². The van der Waals surface area contributed by atoms with Crippen LogP contribution < -0.4 is 10.2 Å². The minimum Gasteiger partial charge on any atom is -0.483 e. The van der Waals surface area contributed by atoms with Gasteiger partial charge in [0.05, 0.1) is 16.9 Å². The fourth-order valence-electron chi connectivity index (χ4n) is 5.45. The van der Waals surface area contributed by atoms with Gasteiger partial charge >= 0.3 is 5.97 Å². The predicted octanol–water partition coefficient (Wildman–Crippen LogP) is 8.28. The molecular weight excluding hydrogens is 614 g/mol. The second-order valence-corrected chi connectivity index (χ2v) is 14.3. The van der Waals surface area contributed by atoms with Crippen LogP contribution in [0.2, 0.25) is 5.02 Å². The summed E-state index contributed by atoms with van der Waals surface area (Å²) in [5.41, 5.74) is 6.15. The van der Waals surface area contributed by atoms with Crippen LogP contribution in [0.5, 0.6) is 0 Å². The Hall–Kier alpha value is -3.88. The summed E-state index contributed by atoms with van der Waals surface area (Å²) in [7, 11) is 1.89. The molecule has 3 aromatic carbocycles. The Morgan fingerprint density at radius 3 is 2.06 bits per heavy atom. The Morgan fingerprint density at radius 2 is 1.55 bits per heavy atom. The molecule has 256 valence electrons. The van der Waals surface area contributed by atoms with E-state index in [0.717, 1.165) is 61.8 Å². The lowest BCUT2D eigenvalue weighted by atomic mass is 9.86. The number of benzene rings is 3. The number of nitrogens with zero attached hydrogens (tertiary/aromatic N) is 2. The van der Waals surface area contributed by atoms with E-state index in [2.05, 4.69) is 72.3 Å². The number of piperazine rings is 1. The second-order valence-electron chi connectivity index (χ2n) is 13.9. The largest absolute Gasteiger partial charge is 0.483 e. The van der Waals surface area contributed by atoms with Gasteiger partial charge in [0.25, 0.3) is 6.47 Å². The van der Waals surface area contributed by atoms with Crippen LogP contribution in [-0.4, -0.2) is 67.6 Å². The zero-order chi connectivity index (χ0) is 35.2. The maximum absolute atomic E-state index is 12.5. The molecule has 1 saturated heterocycles. The lowest BCUT2D eigenvalue weighted by Crippen LogP contribution is -2.46. The van der Waals surface area contributed by atoms with Crippen molar-refractivity contribution in [2.75, 3.05) is 43.4 Å². The van der Waals surface area contributed by atoms with Crippen LogP contribution >= 0.6 is 11.6 Å². The van der Waals surface area contributed by atoms with Crippen molar-refractivity contribution in [1.29, 1.82) is 0 Å². The number of esters is 1. The average Bonchev–Trinajstić information content (AvgIpc) is 3.01. The number of carbonyl (C=O) groups excluding carboxylic acids is 2. The molecule has 0 saturated carbocycles. The van der Waals surface area contributed by atoms with Gasteiger partial charge in [-0.25, -0.2) is 4.79 Å². The first-order valence-corrected chi connectivity index (χ1v) is 16.4. The normalized spacial score (nSPS) is 14.0. The molecule has 1 atom stereocenters. The van der Waals surface area contributed by atoms with Crippen molar-refractivity contribution in [3.8, 4) is 11.1 Å². The lowest BCUT2D eigenvalue weighted by molar-refractivity contribution is -0.122. The molecule has 0 amide bonds. The summed E-state index contributed by atoms with van der Waals surface area (Å²) in [6.07, 6.45) is 2.00. The third-order valence-electron chi connectivity index (χ3n) is 7.35. The maximum Gasteiger partial charge on any atom is 0.338 e. The standard InChI is InChI=1S/C29H34ClN3O2.C8H16O.CH2O2/c1-29(2,3)35-28(34)22-11-14-27(26(19-22)31-4)33-17-15-32(16-18-33)20-23-7-5-6-8-25(23)21-9-12-24(30)13-10-21;1-7(6-9)5-8(2,3)4;2-1-3/h5-14,19,31H,15-18,20H2,1-4H3;6-7H,5H2,1-4H3;1H,(H,2,3). The van der Waals surface area contributed by atoms with E-state index in [1.807, 2.05) is 65.1 Å². The Labute approximate surface area is 286 Å². The lowest BCUT2D eigenvalue weighted by Gasteiger charge is -2.37. The molecule has 1 unspecified atom stereocenters. The van der Waals surface area contributed by atoms with Crippen LogP contribution in [0.4, 0.5) is 11.4 Å². The Balaban J connectivity index is 0.000000548. The van der Waals surface area contributed by atoms with Crippen molar-refractivity contribution in [3.05, 3.63) is 82.9 Å². The number of hydrogen-bond donors (Lipinski definition) is 2. The molecule has 0 aromatic heterocycles. The highest BCUT2D eigenvalue weighted by atomic mass is 35.5. The zero-order valence-corrected chi connectivity index (χ0v) is 29.9. The van der Waals surface area contributed by atoms with E-state index < -0.39 is 5.60 Å². The molecule has 1 aliphatic rings. The molecule has 0 aliphatic carbocycles. The van der Waals surface area contributed by atoms with Crippen molar-refractivity contribution in [2.45, 2.75) is 67.0 Å². The van der Waals surface area contributed by atoms with E-state index in [1.54, 1.807) is 0 Å². The summed E-state index contributed by atoms with van der Waals surface area (Å²) in [5, 5.41) is 10.9. The minimum absolute atomic E-state index is 0.213. The first-order chi connectivity index (χ1) is 22.1. The van der Waals surface area contributed by atoms with Crippen LogP contribution in [0.1, 0.15) is 70.8 Å². The first-order valence-electron chi connectivity index (χ1n) is 16.0. The number of hydrogen-bond acceptors (Lipinski definition) is 7. The van der Waals surface area contributed by atoms with Crippen molar-refractivity contribution in [1.82, 2.24) is 4.90 Å². The van der Waals surface area contributed by atoms with Crippen LogP contribution in [0, 0.1) is 11.3 Å². The molecule has 9 heteroatoms. The van der Waals surface area contributed by atoms with Gasteiger partial charge in [-0.3, -0.25) is 9.69 Å². The molecule has 1 fully saturated rings. The van der Waals surface area contributed by atoms with Gasteiger partial charge in [-0.1, -0.05) is 75.7 Å². The molecule has 1 aliphatic heterocycles. The highest BCUT2D eigenvalue weighted by molar-refractivity contribution is 6.30. The van der Waals surface area contributed by atoms with E-state index in [9.17, 15) is 9.59 Å². The molecule has 1 heterocycles. The quantitative estimate of drug-likeness (QED) is 0.183. The predicted molar refractivity (Wildman–Crippen MR) is 194 cm³/mol. The highest BCUT2D eigenvalue weighted by Crippen LogP contribution is 2.30. The van der Waals surface area contributed by atoms with E-state index in [-0.39, 0.29) is 18.4 Å². The minimum atomic E-state index is -0.516. The van der Waals surface area contributed by atoms with Gasteiger partial charge in [0.1, 0.15) is 11.9 Å². The van der Waals surface area contributed by atoms with E-state index in [4.69, 9.17) is 26.2 Å². The van der Waals surface area contributed by atoms with Crippen LogP contribution in [0.3, 0.4) is 0 Å². The summed E-state index contributed by atoms with van der Waals surface area (Å²) in [6.45, 7) is 18.5. The van der Waals surface area contributed by atoms with Crippen LogP contribution in [0.15, 0.2) is 66.7 Å². The van der Waals surface area contributed by atoms with Gasteiger partial charge < -0.3 is 24.9 Å². The number of carbonyl (C=O) groups is 3. The molecule has 3 aromatic rings. The van der Waals surface area contributed by atoms with E-state index in [0.29, 0.717) is 11.0 Å². The van der Waals surface area contributed by atoms with E-state index >= 15 is 0 Å². The fraction of sp³-hybridized carbons (Fsp3) is 0.447. The first kappa shape index (κ1) is 39.3. The van der Waals surface area contributed by atoms with Gasteiger partial charge in [-0.15, -0.1) is 0 Å². The smallest absolute Gasteiger partial charge is 0.338 e. The van der Waals surface area contributed by atoms with Crippen molar-refractivity contribution in [2.24, 2.45) is 11.3 Å². The van der Waals surface area contributed by atoms with Crippen LogP contribution in [0.25, 0.3) is 11.1 Å². The van der Waals surface area contributed by atoms with E-state index in [1.165, 1.54) is 16.7 Å². The SMILES string of the molecule is CC(C=O)CC(C)(C)C.CNc1cc(C(=O)OC(C)(C)C)ccc1N1CCN(Cc2ccccc2-c2ccc(Cl)cc2)CC1.O=CO. The zero-order valence-electron chi connectivity index (χ0n) is 29.2. The number of nitrogens with one attached hydrogen (secondary N) is 1. The molecule has 0 radical (unpaired) electrons. The Bertz CT molecular complexity index is 1420. The number of anilines is 2. The summed E-state index contributed by atoms with van der Waals surface area (Å²) in [6, 6.07) is 22.4. The van der Waals surface area contributed by atoms with Crippen molar-refractivity contribution >= 4 is 41.7 Å². The fourth-order valence-corrected chi connectivity index (χ4v) is 5.57. The number of carboxylic acid groups (broad SMARTS) is 1. The summed E-state index contributed by atoms with van der Waals surface area (Å²) in [5.74, 6) is -0.0882. The van der Waals surface area contributed by atoms with Gasteiger partial charge in [0.2, 0.25) is 0 Å². The van der Waals surface area contributed by atoms with Crippen molar-refractivity contribution in [3.63, 3.8) is 0 Å². The third-order valence-corrected chi connectivity index (χ3v) is 7.60. The van der Waals surface area contributed by atoms with Gasteiger partial charge in [-0.05, 0) is 79.6 Å². The van der Waals surface area contributed by atoms with Gasteiger partial charge in [-0.2, -0.15) is 0 Å². The molecule has 4 rings (SSSR count). The monoisotopic (exact) mass is 665 g/mol. The summed E-state index contributed by atoms with van der Waals surface area (Å²) < 4.78 is 5.53. The van der Waals surface area contributed by atoms with Crippen LogP contribution in [-0.2, 0) is 20.9 Å². The average molecular weight is 666 g/mol. The highest BCUT2D eigenvalue weighted by Gasteiger charge is 2.23. The Kier molecular flexibility index (Phi) is 15.4.